The van der Waals surface area contributed by atoms with Crippen LogP contribution in [0.25, 0.3) is 66.8 Å². The van der Waals surface area contributed by atoms with Gasteiger partial charge in [-0.2, -0.15) is 0 Å². The zero-order chi connectivity index (χ0) is 41.5. The summed E-state index contributed by atoms with van der Waals surface area (Å²) in [6.45, 7) is 22.7. The van der Waals surface area contributed by atoms with Gasteiger partial charge in [0.2, 0.25) is 0 Å². The van der Waals surface area contributed by atoms with Gasteiger partial charge in [0.15, 0.2) is 0 Å². The SMILES string of the molecule is Cc1cc(C)c(-c2ccc3c(c2)C24c5cc(-c6c(C)cc(C)cc6C)ccc5-c5ccc(cc52)-c2c(C)cc(C)cc2Cc2cc(C)cc(C)c2-c2ccc-3c4c2)c(C)c1. The van der Waals surface area contributed by atoms with Crippen LogP contribution < -0.4 is 0 Å². The molecule has 3 aliphatic carbocycles. The second kappa shape index (κ2) is 12.9. The van der Waals surface area contributed by atoms with Gasteiger partial charge in [0, 0.05) is 0 Å². The zero-order valence-corrected chi connectivity index (χ0v) is 36.8. The quantitative estimate of drug-likeness (QED) is 0.164. The summed E-state index contributed by atoms with van der Waals surface area (Å²) in [7, 11) is 0. The standard InChI is InChI=1S/C60H52/c1-32-19-36(5)56(37(6)20-32)42-11-15-48-50-17-13-44-30-54(50)60(52(48)28-42)53-29-43(57-38(7)21-33(2)22-39(57)8)12-16-49(53)51-18-14-45(31-55(51)60)59-41(10)24-35(4)26-47(59)27-46-25-34(3)23-40(9)58(44)46/h11-26,28-31H,27H2,1-10H3. The molecule has 11 rings (SSSR count). The van der Waals surface area contributed by atoms with Crippen LogP contribution in [-0.2, 0) is 11.8 Å². The Labute approximate surface area is 356 Å². The Bertz CT molecular complexity index is 2930. The third kappa shape index (κ3) is 5.10. The van der Waals surface area contributed by atoms with Crippen molar-refractivity contribution in [1.82, 2.24) is 0 Å². The summed E-state index contributed by atoms with van der Waals surface area (Å²) < 4.78 is 0. The van der Waals surface area contributed by atoms with Crippen molar-refractivity contribution >= 4 is 0 Å². The molecule has 0 amide bonds. The first-order valence-corrected chi connectivity index (χ1v) is 21.8. The third-order valence-corrected chi connectivity index (χ3v) is 14.3. The smallest absolute Gasteiger partial charge is 0.0557 e. The molecule has 0 saturated heterocycles. The van der Waals surface area contributed by atoms with E-state index in [1.54, 1.807) is 0 Å². The van der Waals surface area contributed by atoms with Crippen molar-refractivity contribution in [3.63, 3.8) is 0 Å². The minimum Gasteiger partial charge on any atom is -0.0557 e. The highest BCUT2D eigenvalue weighted by atomic mass is 14.5. The molecule has 60 heavy (non-hydrogen) atoms. The summed E-state index contributed by atoms with van der Waals surface area (Å²) in [5.41, 5.74) is 37.0. The van der Waals surface area contributed by atoms with Crippen LogP contribution in [0.5, 0.6) is 0 Å². The molecule has 0 unspecified atom stereocenters. The van der Waals surface area contributed by atoms with E-state index in [9.17, 15) is 0 Å². The van der Waals surface area contributed by atoms with Gasteiger partial charge in [0.1, 0.15) is 0 Å². The van der Waals surface area contributed by atoms with Crippen molar-refractivity contribution in [2.75, 3.05) is 0 Å². The van der Waals surface area contributed by atoms with E-state index in [0.29, 0.717) is 0 Å². The van der Waals surface area contributed by atoms with E-state index in [-0.39, 0.29) is 0 Å². The highest BCUT2D eigenvalue weighted by molar-refractivity contribution is 5.99. The van der Waals surface area contributed by atoms with Crippen LogP contribution in [0.1, 0.15) is 89.0 Å². The molecule has 0 aromatic heterocycles. The van der Waals surface area contributed by atoms with Crippen LogP contribution in [-0.4, -0.2) is 0 Å². The number of aryl methyl sites for hydroxylation is 10. The molecular formula is C60H52. The zero-order valence-electron chi connectivity index (χ0n) is 36.8. The molecule has 0 aliphatic heterocycles. The lowest BCUT2D eigenvalue weighted by molar-refractivity contribution is 0.794. The Kier molecular flexibility index (Phi) is 7.90. The first-order chi connectivity index (χ1) is 28.8. The number of hydrogen-bond acceptors (Lipinski definition) is 0. The summed E-state index contributed by atoms with van der Waals surface area (Å²) in [6.07, 6.45) is 0.882. The molecule has 3 aliphatic rings. The lowest BCUT2D eigenvalue weighted by Gasteiger charge is -2.32. The topological polar surface area (TPSA) is 0 Å². The van der Waals surface area contributed by atoms with Gasteiger partial charge in [-0.3, -0.25) is 0 Å². The van der Waals surface area contributed by atoms with E-state index in [1.165, 1.54) is 156 Å². The molecule has 0 radical (unpaired) electrons. The number of hydrogen-bond donors (Lipinski definition) is 0. The van der Waals surface area contributed by atoms with Crippen LogP contribution in [0, 0.1) is 69.2 Å². The van der Waals surface area contributed by atoms with Gasteiger partial charge < -0.3 is 0 Å². The fourth-order valence-electron chi connectivity index (χ4n) is 12.5. The molecule has 0 heteroatoms. The average Bonchev–Trinajstić information content (AvgIpc) is 3.62. The van der Waals surface area contributed by atoms with Gasteiger partial charge in [-0.15, -0.1) is 0 Å². The number of rotatable bonds is 2. The molecular weight excluding hydrogens is 721 g/mol. The number of benzene rings is 8. The molecule has 4 bridgehead atoms. The Balaban J connectivity index is 1.33. The molecule has 0 saturated carbocycles. The summed E-state index contributed by atoms with van der Waals surface area (Å²) >= 11 is 0. The highest BCUT2D eigenvalue weighted by Crippen LogP contribution is 2.65. The van der Waals surface area contributed by atoms with E-state index in [4.69, 9.17) is 0 Å². The largest absolute Gasteiger partial charge is 0.0726 e. The van der Waals surface area contributed by atoms with Gasteiger partial charge in [-0.05, 0) is 233 Å². The summed E-state index contributed by atoms with van der Waals surface area (Å²) in [5, 5.41) is 0. The summed E-state index contributed by atoms with van der Waals surface area (Å²) in [4.78, 5) is 0. The fourth-order valence-corrected chi connectivity index (χ4v) is 12.5. The van der Waals surface area contributed by atoms with Crippen LogP contribution in [0.3, 0.4) is 0 Å². The normalized spacial score (nSPS) is 13.6. The second-order valence-electron chi connectivity index (χ2n) is 18.7. The van der Waals surface area contributed by atoms with Crippen LogP contribution in [0.2, 0.25) is 0 Å². The molecule has 8 aromatic rings. The van der Waals surface area contributed by atoms with E-state index >= 15 is 0 Å². The predicted molar refractivity (Wildman–Crippen MR) is 255 cm³/mol. The van der Waals surface area contributed by atoms with Crippen molar-refractivity contribution in [3.8, 4) is 66.8 Å². The van der Waals surface area contributed by atoms with E-state index in [2.05, 4.69) is 191 Å². The molecule has 8 aromatic carbocycles. The summed E-state index contributed by atoms with van der Waals surface area (Å²) in [6, 6.07) is 48.8. The first-order valence-electron chi connectivity index (χ1n) is 21.8. The van der Waals surface area contributed by atoms with Gasteiger partial charge >= 0.3 is 0 Å². The molecule has 0 atom stereocenters. The number of fused-ring (bicyclic) bond motifs is 10. The second-order valence-corrected chi connectivity index (χ2v) is 18.7. The van der Waals surface area contributed by atoms with Crippen molar-refractivity contribution in [2.24, 2.45) is 0 Å². The van der Waals surface area contributed by atoms with Crippen molar-refractivity contribution in [3.05, 3.63) is 210 Å². The lowest BCUT2D eigenvalue weighted by Crippen LogP contribution is -2.26. The Morgan fingerprint density at radius 3 is 0.833 bits per heavy atom. The molecule has 1 spiro atoms. The first kappa shape index (κ1) is 36.8. The maximum absolute atomic E-state index is 2.60. The fraction of sp³-hybridized carbons (Fsp3) is 0.200. The van der Waals surface area contributed by atoms with Crippen LogP contribution in [0.4, 0.5) is 0 Å². The molecule has 0 fully saturated rings. The van der Waals surface area contributed by atoms with E-state index in [0.717, 1.165) is 6.42 Å². The highest BCUT2D eigenvalue weighted by Gasteiger charge is 2.52. The lowest BCUT2D eigenvalue weighted by atomic mass is 9.68. The Hall–Kier alpha value is -6.24. The van der Waals surface area contributed by atoms with Crippen molar-refractivity contribution in [2.45, 2.75) is 81.1 Å². The monoisotopic (exact) mass is 772 g/mol. The van der Waals surface area contributed by atoms with E-state index in [1.807, 2.05) is 0 Å². The minimum atomic E-state index is -0.539. The maximum Gasteiger partial charge on any atom is 0.0726 e. The summed E-state index contributed by atoms with van der Waals surface area (Å²) in [5.74, 6) is 0. The average molecular weight is 773 g/mol. The molecule has 292 valence electrons. The molecule has 0 heterocycles. The van der Waals surface area contributed by atoms with Gasteiger partial charge in [-0.1, -0.05) is 119 Å². The van der Waals surface area contributed by atoms with Crippen LogP contribution >= 0.6 is 0 Å². The van der Waals surface area contributed by atoms with Crippen LogP contribution in [0.15, 0.2) is 121 Å². The van der Waals surface area contributed by atoms with Gasteiger partial charge in [0.05, 0.1) is 5.41 Å². The van der Waals surface area contributed by atoms with E-state index < -0.39 is 5.41 Å². The molecule has 0 N–H and O–H groups in total. The van der Waals surface area contributed by atoms with Crippen molar-refractivity contribution < 1.29 is 0 Å². The van der Waals surface area contributed by atoms with Gasteiger partial charge in [0.25, 0.3) is 0 Å². The maximum atomic E-state index is 2.60. The minimum absolute atomic E-state index is 0.539. The van der Waals surface area contributed by atoms with Gasteiger partial charge in [-0.25, -0.2) is 0 Å². The third-order valence-electron chi connectivity index (χ3n) is 14.3. The predicted octanol–water partition coefficient (Wildman–Crippen LogP) is 15.7. The Morgan fingerprint density at radius 1 is 0.283 bits per heavy atom. The molecule has 0 nitrogen and oxygen atoms in total. The Morgan fingerprint density at radius 2 is 0.533 bits per heavy atom. The van der Waals surface area contributed by atoms with Crippen molar-refractivity contribution in [1.29, 1.82) is 0 Å².